The van der Waals surface area contributed by atoms with Gasteiger partial charge in [0.1, 0.15) is 11.5 Å². The Kier molecular flexibility index (Phi) is 15.5. The number of hydrogen-bond acceptors (Lipinski definition) is 4. The lowest BCUT2D eigenvalue weighted by atomic mass is 10.1. The van der Waals surface area contributed by atoms with Crippen molar-refractivity contribution in [3.63, 3.8) is 0 Å². The minimum absolute atomic E-state index is 0.115. The Morgan fingerprint density at radius 3 is 1.87 bits per heavy atom. The fourth-order valence-electron chi connectivity index (χ4n) is 3.28. The van der Waals surface area contributed by atoms with Crippen molar-refractivity contribution in [3.05, 3.63) is 30.3 Å². The molecule has 170 valence electrons. The summed E-state index contributed by atoms with van der Waals surface area (Å²) >= 11 is 0. The topological polar surface area (TPSA) is 44.8 Å². The third-order valence-corrected chi connectivity index (χ3v) is 5.00. The smallest absolute Gasteiger partial charge is 0.305 e. The van der Waals surface area contributed by atoms with Crippen molar-refractivity contribution in [3.8, 4) is 11.5 Å². The van der Waals surface area contributed by atoms with E-state index in [1.165, 1.54) is 44.9 Å². The van der Waals surface area contributed by atoms with Gasteiger partial charge in [0.05, 0.1) is 19.8 Å². The monoisotopic (exact) mass is 418 g/mol. The Morgan fingerprint density at radius 2 is 1.33 bits per heavy atom. The number of unbranched alkanes of at least 4 members (excludes halogenated alkanes) is 9. The van der Waals surface area contributed by atoms with Crippen LogP contribution in [0.25, 0.3) is 6.08 Å². The van der Waals surface area contributed by atoms with Crippen LogP contribution in [0.5, 0.6) is 11.5 Å². The first-order chi connectivity index (χ1) is 14.7. The molecule has 4 heteroatoms. The molecular formula is C26H42O4. The molecule has 1 aromatic carbocycles. The molecule has 0 spiro atoms. The van der Waals surface area contributed by atoms with E-state index in [0.717, 1.165) is 49.4 Å². The summed E-state index contributed by atoms with van der Waals surface area (Å²) in [5.74, 6) is 1.53. The van der Waals surface area contributed by atoms with Crippen LogP contribution in [0.1, 0.15) is 96.5 Å². The third kappa shape index (κ3) is 13.3. The molecule has 0 fully saturated rings. The van der Waals surface area contributed by atoms with Gasteiger partial charge >= 0.3 is 5.97 Å². The molecule has 0 saturated carbocycles. The lowest BCUT2D eigenvalue weighted by Gasteiger charge is -2.11. The van der Waals surface area contributed by atoms with Crippen LogP contribution in [0.3, 0.4) is 0 Å². The minimum atomic E-state index is -0.115. The van der Waals surface area contributed by atoms with Crippen LogP contribution >= 0.6 is 0 Å². The van der Waals surface area contributed by atoms with Crippen LogP contribution in [0.15, 0.2) is 24.8 Å². The summed E-state index contributed by atoms with van der Waals surface area (Å²) in [7, 11) is 0. The Labute approximate surface area is 184 Å². The van der Waals surface area contributed by atoms with Crippen molar-refractivity contribution in [1.82, 2.24) is 0 Å². The number of rotatable bonds is 19. The van der Waals surface area contributed by atoms with E-state index in [4.69, 9.17) is 14.2 Å². The average molecular weight is 419 g/mol. The Hall–Kier alpha value is -1.97. The number of ether oxygens (including phenoxy) is 3. The summed E-state index contributed by atoms with van der Waals surface area (Å²) in [4.78, 5) is 11.3. The van der Waals surface area contributed by atoms with Gasteiger partial charge in [-0.3, -0.25) is 4.79 Å². The van der Waals surface area contributed by atoms with E-state index in [9.17, 15) is 4.79 Å². The zero-order chi connectivity index (χ0) is 21.9. The molecule has 0 saturated heterocycles. The molecule has 4 nitrogen and oxygen atoms in total. The number of benzene rings is 1. The second kappa shape index (κ2) is 17.9. The molecule has 0 aliphatic rings. The van der Waals surface area contributed by atoms with E-state index in [1.54, 1.807) is 0 Å². The SMILES string of the molecule is C=Cc1cc(OCCCCCCCCCC)cc(OCCCCCC(=O)OCC)c1. The Bertz CT molecular complexity index is 582. The molecule has 1 aromatic rings. The average Bonchev–Trinajstić information content (AvgIpc) is 2.75. The molecule has 0 atom stereocenters. The van der Waals surface area contributed by atoms with E-state index < -0.39 is 0 Å². The largest absolute Gasteiger partial charge is 0.493 e. The van der Waals surface area contributed by atoms with Crippen molar-refractivity contribution in [2.75, 3.05) is 19.8 Å². The van der Waals surface area contributed by atoms with Crippen molar-refractivity contribution < 1.29 is 19.0 Å². The summed E-state index contributed by atoms with van der Waals surface area (Å²) in [6.07, 6.45) is 15.3. The molecular weight excluding hydrogens is 376 g/mol. The maximum Gasteiger partial charge on any atom is 0.305 e. The van der Waals surface area contributed by atoms with Crippen LogP contribution in [-0.2, 0) is 9.53 Å². The van der Waals surface area contributed by atoms with Gasteiger partial charge in [-0.05, 0) is 50.3 Å². The van der Waals surface area contributed by atoms with Gasteiger partial charge in [-0.2, -0.15) is 0 Å². The first-order valence-corrected chi connectivity index (χ1v) is 11.9. The molecule has 0 N–H and O–H groups in total. The highest BCUT2D eigenvalue weighted by atomic mass is 16.5. The number of hydrogen-bond donors (Lipinski definition) is 0. The van der Waals surface area contributed by atoms with Gasteiger partial charge in [-0.15, -0.1) is 0 Å². The molecule has 0 aliphatic heterocycles. The summed E-state index contributed by atoms with van der Waals surface area (Å²) in [6, 6.07) is 5.94. The minimum Gasteiger partial charge on any atom is -0.493 e. The number of carbonyl (C=O) groups excluding carboxylic acids is 1. The van der Waals surface area contributed by atoms with Crippen LogP contribution in [0.4, 0.5) is 0 Å². The third-order valence-electron chi connectivity index (χ3n) is 5.00. The lowest BCUT2D eigenvalue weighted by Crippen LogP contribution is -2.04. The predicted molar refractivity (Wildman–Crippen MR) is 125 cm³/mol. The van der Waals surface area contributed by atoms with E-state index in [-0.39, 0.29) is 5.97 Å². The summed E-state index contributed by atoms with van der Waals surface area (Å²) in [5.41, 5.74) is 1.00. The van der Waals surface area contributed by atoms with Crippen LogP contribution in [0, 0.1) is 0 Å². The van der Waals surface area contributed by atoms with Gasteiger partial charge in [-0.1, -0.05) is 64.5 Å². The van der Waals surface area contributed by atoms with Gasteiger partial charge in [0, 0.05) is 12.5 Å². The fourth-order valence-corrected chi connectivity index (χ4v) is 3.28. The number of esters is 1. The molecule has 0 bridgehead atoms. The highest BCUT2D eigenvalue weighted by Gasteiger charge is 2.04. The van der Waals surface area contributed by atoms with Gasteiger partial charge < -0.3 is 14.2 Å². The summed E-state index contributed by atoms with van der Waals surface area (Å²) in [5, 5.41) is 0. The van der Waals surface area contributed by atoms with E-state index >= 15 is 0 Å². The number of carbonyl (C=O) groups is 1. The van der Waals surface area contributed by atoms with Gasteiger partial charge in [-0.25, -0.2) is 0 Å². The predicted octanol–water partition coefficient (Wildman–Crippen LogP) is 7.35. The maximum absolute atomic E-state index is 11.3. The summed E-state index contributed by atoms with van der Waals surface area (Å²) in [6.45, 7) is 9.76. The lowest BCUT2D eigenvalue weighted by molar-refractivity contribution is -0.143. The highest BCUT2D eigenvalue weighted by molar-refractivity contribution is 5.69. The fraction of sp³-hybridized carbons (Fsp3) is 0.654. The van der Waals surface area contributed by atoms with Crippen molar-refractivity contribution >= 4 is 12.0 Å². The highest BCUT2D eigenvalue weighted by Crippen LogP contribution is 2.24. The molecule has 0 heterocycles. The zero-order valence-corrected chi connectivity index (χ0v) is 19.3. The first kappa shape index (κ1) is 26.1. The summed E-state index contributed by atoms with van der Waals surface area (Å²) < 4.78 is 16.8. The van der Waals surface area contributed by atoms with E-state index in [0.29, 0.717) is 19.6 Å². The second-order valence-corrected chi connectivity index (χ2v) is 7.73. The molecule has 0 aliphatic carbocycles. The maximum atomic E-state index is 11.3. The van der Waals surface area contributed by atoms with E-state index in [1.807, 2.05) is 31.2 Å². The molecule has 0 radical (unpaired) electrons. The molecule has 1 rings (SSSR count). The molecule has 0 amide bonds. The van der Waals surface area contributed by atoms with Crippen molar-refractivity contribution in [2.45, 2.75) is 90.9 Å². The zero-order valence-electron chi connectivity index (χ0n) is 19.3. The van der Waals surface area contributed by atoms with Gasteiger partial charge in [0.25, 0.3) is 0 Å². The van der Waals surface area contributed by atoms with Crippen LogP contribution < -0.4 is 9.47 Å². The van der Waals surface area contributed by atoms with Gasteiger partial charge in [0.2, 0.25) is 0 Å². The van der Waals surface area contributed by atoms with Gasteiger partial charge in [0.15, 0.2) is 0 Å². The van der Waals surface area contributed by atoms with Crippen LogP contribution in [-0.4, -0.2) is 25.8 Å². The second-order valence-electron chi connectivity index (χ2n) is 7.73. The Balaban J connectivity index is 2.23. The Morgan fingerprint density at radius 1 is 0.800 bits per heavy atom. The molecule has 0 unspecified atom stereocenters. The first-order valence-electron chi connectivity index (χ1n) is 11.9. The molecule has 0 aromatic heterocycles. The van der Waals surface area contributed by atoms with Crippen LogP contribution in [0.2, 0.25) is 0 Å². The normalized spacial score (nSPS) is 10.6. The van der Waals surface area contributed by atoms with E-state index in [2.05, 4.69) is 13.5 Å². The molecule has 30 heavy (non-hydrogen) atoms. The van der Waals surface area contributed by atoms with Crippen molar-refractivity contribution in [1.29, 1.82) is 0 Å². The standard InChI is InChI=1S/C26H42O4/c1-4-7-8-9-10-11-12-15-18-29-24-20-23(5-2)21-25(22-24)30-19-16-13-14-17-26(27)28-6-3/h5,20-22H,2,4,6-19H2,1,3H3. The quantitative estimate of drug-likeness (QED) is 0.174. The van der Waals surface area contributed by atoms with Crippen molar-refractivity contribution in [2.24, 2.45) is 0 Å².